The molecule has 1 atom stereocenters. The first kappa shape index (κ1) is 21.0. The fraction of sp³-hybridized carbons (Fsp3) is 0.333. The lowest BCUT2D eigenvalue weighted by atomic mass is 10.1. The van der Waals surface area contributed by atoms with Gasteiger partial charge >= 0.3 is 12.1 Å². The Hall–Kier alpha value is -2.77. The lowest BCUT2D eigenvalue weighted by molar-refractivity contribution is -0.00811. The predicted octanol–water partition coefficient (Wildman–Crippen LogP) is 4.19. The van der Waals surface area contributed by atoms with Crippen LogP contribution in [0.4, 0.5) is 15.3 Å². The van der Waals surface area contributed by atoms with Crippen molar-refractivity contribution < 1.29 is 19.1 Å². The Bertz CT molecular complexity index is 836. The second kappa shape index (κ2) is 9.62. The monoisotopic (exact) mass is 417 g/mol. The summed E-state index contributed by atoms with van der Waals surface area (Å²) < 4.78 is 10.4. The second-order valence-electron chi connectivity index (χ2n) is 6.88. The average molecular weight is 418 g/mol. The maximum absolute atomic E-state index is 12.2. The number of methoxy groups -OCH3 is 1. The summed E-state index contributed by atoms with van der Waals surface area (Å²) in [4.78, 5) is 25.8. The number of carbonyl (C=O) groups excluding carboxylic acids is 2. The van der Waals surface area contributed by atoms with Gasteiger partial charge in [0.05, 0.1) is 25.2 Å². The van der Waals surface area contributed by atoms with Crippen molar-refractivity contribution in [2.75, 3.05) is 25.5 Å². The van der Waals surface area contributed by atoms with Gasteiger partial charge in [0.1, 0.15) is 6.61 Å². The Morgan fingerprint density at radius 2 is 1.79 bits per heavy atom. The number of hydrogen-bond acceptors (Lipinski definition) is 4. The number of anilines is 1. The van der Waals surface area contributed by atoms with E-state index >= 15 is 0 Å². The van der Waals surface area contributed by atoms with Crippen LogP contribution in [0.5, 0.6) is 0 Å². The lowest BCUT2D eigenvalue weighted by Gasteiger charge is -2.38. The molecule has 1 saturated heterocycles. The Morgan fingerprint density at radius 3 is 2.41 bits per heavy atom. The summed E-state index contributed by atoms with van der Waals surface area (Å²) >= 11 is 5.83. The minimum absolute atomic E-state index is 0.112. The van der Waals surface area contributed by atoms with Gasteiger partial charge in [0.15, 0.2) is 0 Å². The first-order chi connectivity index (χ1) is 13.9. The molecule has 1 fully saturated rings. The summed E-state index contributed by atoms with van der Waals surface area (Å²) in [7, 11) is 1.64. The summed E-state index contributed by atoms with van der Waals surface area (Å²) in [5.41, 5.74) is 2.39. The maximum atomic E-state index is 12.2. The number of nitrogens with one attached hydrogen (secondary N) is 2. The lowest BCUT2D eigenvalue weighted by Crippen LogP contribution is -2.57. The molecule has 1 unspecified atom stereocenters. The standard InChI is InChI=1S/C21H24ClN3O4/c1-14(23-20(26)25-11-19(12-25)28-2)16-5-9-18(10-6-16)24-21(27)29-13-15-3-7-17(22)8-4-15/h3-10,14,19H,11-13H2,1-2H3,(H,23,26)(H,24,27). The van der Waals surface area contributed by atoms with Crippen molar-refractivity contribution in [1.82, 2.24) is 10.2 Å². The van der Waals surface area contributed by atoms with Gasteiger partial charge in [-0.3, -0.25) is 5.32 Å². The van der Waals surface area contributed by atoms with E-state index in [1.807, 2.05) is 19.1 Å². The van der Waals surface area contributed by atoms with Crippen molar-refractivity contribution in [3.63, 3.8) is 0 Å². The van der Waals surface area contributed by atoms with Crippen LogP contribution in [-0.2, 0) is 16.1 Å². The van der Waals surface area contributed by atoms with Gasteiger partial charge in [0.2, 0.25) is 0 Å². The minimum atomic E-state index is -0.542. The third kappa shape index (κ3) is 5.85. The number of rotatable bonds is 6. The molecule has 2 aromatic rings. The van der Waals surface area contributed by atoms with E-state index in [1.165, 1.54) is 0 Å². The van der Waals surface area contributed by atoms with Crippen LogP contribution in [0.1, 0.15) is 24.1 Å². The van der Waals surface area contributed by atoms with Gasteiger partial charge in [-0.25, -0.2) is 9.59 Å². The van der Waals surface area contributed by atoms with Gasteiger partial charge in [0.25, 0.3) is 0 Å². The molecular weight excluding hydrogens is 394 g/mol. The summed E-state index contributed by atoms with van der Waals surface area (Å²) in [5.74, 6) is 0. The minimum Gasteiger partial charge on any atom is -0.444 e. The average Bonchev–Trinajstić information content (AvgIpc) is 2.67. The Kier molecular flexibility index (Phi) is 6.95. The van der Waals surface area contributed by atoms with E-state index in [0.717, 1.165) is 11.1 Å². The van der Waals surface area contributed by atoms with Crippen LogP contribution in [0.25, 0.3) is 0 Å². The summed E-state index contributed by atoms with van der Waals surface area (Å²) in [6.07, 6.45) is -0.416. The van der Waals surface area contributed by atoms with Crippen LogP contribution in [-0.4, -0.2) is 43.3 Å². The molecule has 154 valence electrons. The van der Waals surface area contributed by atoms with Gasteiger partial charge in [-0.05, 0) is 42.3 Å². The van der Waals surface area contributed by atoms with E-state index in [4.69, 9.17) is 21.1 Å². The van der Waals surface area contributed by atoms with Crippen LogP contribution in [0.15, 0.2) is 48.5 Å². The SMILES string of the molecule is COC1CN(C(=O)NC(C)c2ccc(NC(=O)OCc3ccc(Cl)cc3)cc2)C1. The molecule has 3 rings (SSSR count). The molecule has 8 heteroatoms. The van der Waals surface area contributed by atoms with E-state index in [9.17, 15) is 9.59 Å². The number of hydrogen-bond donors (Lipinski definition) is 2. The molecule has 3 amide bonds. The van der Waals surface area contributed by atoms with Crippen LogP contribution < -0.4 is 10.6 Å². The van der Waals surface area contributed by atoms with Crippen molar-refractivity contribution in [1.29, 1.82) is 0 Å². The Balaban J connectivity index is 1.44. The van der Waals surface area contributed by atoms with Crippen molar-refractivity contribution >= 4 is 29.4 Å². The topological polar surface area (TPSA) is 79.9 Å². The Labute approximate surface area is 174 Å². The van der Waals surface area contributed by atoms with E-state index < -0.39 is 6.09 Å². The maximum Gasteiger partial charge on any atom is 0.411 e. The molecule has 0 radical (unpaired) electrons. The predicted molar refractivity (Wildman–Crippen MR) is 111 cm³/mol. The number of nitrogens with zero attached hydrogens (tertiary/aromatic N) is 1. The zero-order valence-electron chi connectivity index (χ0n) is 16.4. The number of benzene rings is 2. The van der Waals surface area contributed by atoms with Crippen molar-refractivity contribution in [2.45, 2.75) is 25.7 Å². The molecule has 0 spiro atoms. The molecule has 0 bridgehead atoms. The van der Waals surface area contributed by atoms with Crippen LogP contribution in [0.3, 0.4) is 0 Å². The fourth-order valence-electron chi connectivity index (χ4n) is 2.85. The van der Waals surface area contributed by atoms with E-state index in [2.05, 4.69) is 10.6 Å². The number of halogens is 1. The number of urea groups is 1. The van der Waals surface area contributed by atoms with Gasteiger partial charge in [-0.1, -0.05) is 35.9 Å². The van der Waals surface area contributed by atoms with Gasteiger partial charge < -0.3 is 19.7 Å². The molecular formula is C21H24ClN3O4. The molecule has 0 saturated carbocycles. The molecule has 2 N–H and O–H groups in total. The van der Waals surface area contributed by atoms with Crippen molar-refractivity contribution in [2.24, 2.45) is 0 Å². The third-order valence-electron chi connectivity index (χ3n) is 4.75. The summed E-state index contributed by atoms with van der Waals surface area (Å²) in [5, 5.41) is 6.27. The van der Waals surface area contributed by atoms with Gasteiger partial charge in [0, 0.05) is 17.8 Å². The highest BCUT2D eigenvalue weighted by Gasteiger charge is 2.31. The molecule has 1 aliphatic rings. The molecule has 1 heterocycles. The zero-order valence-corrected chi connectivity index (χ0v) is 17.1. The molecule has 29 heavy (non-hydrogen) atoms. The molecule has 2 aromatic carbocycles. The smallest absolute Gasteiger partial charge is 0.411 e. The Morgan fingerprint density at radius 1 is 1.14 bits per heavy atom. The van der Waals surface area contributed by atoms with Crippen LogP contribution in [0, 0.1) is 0 Å². The molecule has 0 aliphatic carbocycles. The fourth-order valence-corrected chi connectivity index (χ4v) is 2.98. The number of likely N-dealkylation sites (tertiary alicyclic amines) is 1. The summed E-state index contributed by atoms with van der Waals surface area (Å²) in [6, 6.07) is 14.1. The normalized spacial score (nSPS) is 14.7. The summed E-state index contributed by atoms with van der Waals surface area (Å²) in [6.45, 7) is 3.28. The molecule has 1 aliphatic heterocycles. The van der Waals surface area contributed by atoms with Gasteiger partial charge in [-0.2, -0.15) is 0 Å². The largest absolute Gasteiger partial charge is 0.444 e. The van der Waals surface area contributed by atoms with Crippen LogP contribution >= 0.6 is 11.6 Å². The molecule has 7 nitrogen and oxygen atoms in total. The molecule has 0 aromatic heterocycles. The third-order valence-corrected chi connectivity index (χ3v) is 5.00. The second-order valence-corrected chi connectivity index (χ2v) is 7.32. The number of amides is 3. The first-order valence-electron chi connectivity index (χ1n) is 9.31. The zero-order chi connectivity index (χ0) is 20.8. The highest BCUT2D eigenvalue weighted by molar-refractivity contribution is 6.30. The highest BCUT2D eigenvalue weighted by atomic mass is 35.5. The quantitative estimate of drug-likeness (QED) is 0.738. The van der Waals surface area contributed by atoms with E-state index in [0.29, 0.717) is 23.8 Å². The highest BCUT2D eigenvalue weighted by Crippen LogP contribution is 2.18. The van der Waals surface area contributed by atoms with Crippen molar-refractivity contribution in [3.8, 4) is 0 Å². The van der Waals surface area contributed by atoms with E-state index in [-0.39, 0.29) is 24.8 Å². The van der Waals surface area contributed by atoms with Crippen LogP contribution in [0.2, 0.25) is 5.02 Å². The van der Waals surface area contributed by atoms with Gasteiger partial charge in [-0.15, -0.1) is 0 Å². The first-order valence-corrected chi connectivity index (χ1v) is 9.69. The van der Waals surface area contributed by atoms with Crippen molar-refractivity contribution in [3.05, 3.63) is 64.7 Å². The number of ether oxygens (including phenoxy) is 2. The number of carbonyl (C=O) groups is 2. The van der Waals surface area contributed by atoms with E-state index in [1.54, 1.807) is 48.4 Å².